The third kappa shape index (κ3) is 5.80. The molecular formula is C9H16ClNO3. The third-order valence-electron chi connectivity index (χ3n) is 1.93. The van der Waals surface area contributed by atoms with Crippen molar-refractivity contribution in [3.05, 3.63) is 0 Å². The molecule has 4 nitrogen and oxygen atoms in total. The van der Waals surface area contributed by atoms with Gasteiger partial charge in [-0.15, -0.1) is 11.6 Å². The van der Waals surface area contributed by atoms with E-state index in [1.807, 2.05) is 0 Å². The highest BCUT2D eigenvalue weighted by molar-refractivity contribution is 6.32. The molecule has 0 saturated heterocycles. The number of rotatable bonds is 1. The number of alkyl halides is 1. The molecule has 1 aliphatic rings. The van der Waals surface area contributed by atoms with E-state index in [1.165, 1.54) is 0 Å². The fraction of sp³-hybridized carbons (Fsp3) is 0.778. The van der Waals surface area contributed by atoms with Gasteiger partial charge in [-0.1, -0.05) is 18.5 Å². The maximum atomic E-state index is 9.37. The van der Waals surface area contributed by atoms with Crippen molar-refractivity contribution in [2.75, 3.05) is 0 Å². The predicted octanol–water partition coefficient (Wildman–Crippen LogP) is 2.48. The summed E-state index contributed by atoms with van der Waals surface area (Å²) in [5.41, 5.74) is 0.753. The molecule has 1 saturated carbocycles. The van der Waals surface area contributed by atoms with E-state index in [9.17, 15) is 4.79 Å². The third-order valence-corrected chi connectivity index (χ3v) is 2.40. The van der Waals surface area contributed by atoms with Crippen LogP contribution in [-0.4, -0.2) is 27.4 Å². The second-order valence-electron chi connectivity index (χ2n) is 3.05. The topological polar surface area (TPSA) is 69.9 Å². The van der Waals surface area contributed by atoms with E-state index in [-0.39, 0.29) is 11.8 Å². The van der Waals surface area contributed by atoms with Crippen LogP contribution in [-0.2, 0) is 4.79 Å². The van der Waals surface area contributed by atoms with Gasteiger partial charge in [-0.05, 0) is 19.3 Å². The van der Waals surface area contributed by atoms with Crippen LogP contribution in [0.15, 0.2) is 5.16 Å². The van der Waals surface area contributed by atoms with Crippen LogP contribution in [0.1, 0.15) is 39.0 Å². The standard InChI is InChI=1S/C6H10ClNO.C3H6O2/c7-5-3-1-2-4-6(5)8-9;1-2-3(4)5/h5,9H,1-4H2;2H2,1H3,(H,4,5)/b8-6-;. The van der Waals surface area contributed by atoms with E-state index < -0.39 is 5.97 Å². The van der Waals surface area contributed by atoms with Crippen LogP contribution in [0.3, 0.4) is 0 Å². The monoisotopic (exact) mass is 221 g/mol. The maximum Gasteiger partial charge on any atom is 0.303 e. The second-order valence-corrected chi connectivity index (χ2v) is 3.58. The number of halogens is 1. The van der Waals surface area contributed by atoms with Gasteiger partial charge in [-0.25, -0.2) is 0 Å². The molecule has 1 rings (SSSR count). The molecule has 0 radical (unpaired) electrons. The van der Waals surface area contributed by atoms with Crippen molar-refractivity contribution in [2.45, 2.75) is 44.4 Å². The molecule has 1 aliphatic carbocycles. The first-order valence-electron chi connectivity index (χ1n) is 4.68. The van der Waals surface area contributed by atoms with Crippen LogP contribution in [0.4, 0.5) is 0 Å². The molecule has 1 fully saturated rings. The molecule has 0 spiro atoms. The highest BCUT2D eigenvalue weighted by atomic mass is 35.5. The molecule has 1 unspecified atom stereocenters. The molecule has 0 aromatic rings. The Morgan fingerprint density at radius 3 is 2.50 bits per heavy atom. The lowest BCUT2D eigenvalue weighted by Crippen LogP contribution is -2.18. The summed E-state index contributed by atoms with van der Waals surface area (Å²) in [6, 6.07) is 0. The molecular weight excluding hydrogens is 206 g/mol. The highest BCUT2D eigenvalue weighted by Gasteiger charge is 2.17. The minimum absolute atomic E-state index is 0.0104. The first kappa shape index (κ1) is 13.2. The van der Waals surface area contributed by atoms with Crippen LogP contribution >= 0.6 is 11.6 Å². The van der Waals surface area contributed by atoms with E-state index >= 15 is 0 Å². The van der Waals surface area contributed by atoms with Gasteiger partial charge >= 0.3 is 5.97 Å². The summed E-state index contributed by atoms with van der Waals surface area (Å²) in [4.78, 5) is 9.37. The molecule has 14 heavy (non-hydrogen) atoms. The van der Waals surface area contributed by atoms with E-state index in [2.05, 4.69) is 5.16 Å². The molecule has 2 N–H and O–H groups in total. The molecule has 0 amide bonds. The van der Waals surface area contributed by atoms with Gasteiger partial charge in [0.2, 0.25) is 0 Å². The smallest absolute Gasteiger partial charge is 0.303 e. The van der Waals surface area contributed by atoms with E-state index in [1.54, 1.807) is 6.92 Å². The average Bonchev–Trinajstić information content (AvgIpc) is 2.19. The van der Waals surface area contributed by atoms with Crippen LogP contribution in [0.5, 0.6) is 0 Å². The van der Waals surface area contributed by atoms with Gasteiger partial charge in [-0.2, -0.15) is 0 Å². The van der Waals surface area contributed by atoms with E-state index in [0.29, 0.717) is 0 Å². The zero-order valence-electron chi connectivity index (χ0n) is 8.24. The Balaban J connectivity index is 0.000000292. The average molecular weight is 222 g/mol. The summed E-state index contributed by atoms with van der Waals surface area (Å²) < 4.78 is 0. The lowest BCUT2D eigenvalue weighted by molar-refractivity contribution is -0.136. The molecule has 5 heteroatoms. The SMILES string of the molecule is CCC(=O)O.O/N=C1/CCCCC1Cl. The number of hydrogen-bond acceptors (Lipinski definition) is 3. The molecule has 0 aromatic heterocycles. The van der Waals surface area contributed by atoms with Crippen LogP contribution in [0, 0.1) is 0 Å². The predicted molar refractivity (Wildman–Crippen MR) is 55.3 cm³/mol. The van der Waals surface area contributed by atoms with Crippen molar-refractivity contribution in [2.24, 2.45) is 5.16 Å². The van der Waals surface area contributed by atoms with Crippen molar-refractivity contribution in [3.63, 3.8) is 0 Å². The molecule has 0 aromatic carbocycles. The molecule has 82 valence electrons. The van der Waals surface area contributed by atoms with Crippen molar-refractivity contribution < 1.29 is 15.1 Å². The number of carboxylic acids is 1. The van der Waals surface area contributed by atoms with Gasteiger partial charge in [-0.3, -0.25) is 4.79 Å². The summed E-state index contributed by atoms with van der Waals surface area (Å²) >= 11 is 5.79. The molecule has 1 atom stereocenters. The summed E-state index contributed by atoms with van der Waals surface area (Å²) in [6.45, 7) is 1.60. The Hall–Kier alpha value is -0.770. The molecule has 0 aliphatic heterocycles. The van der Waals surface area contributed by atoms with Crippen molar-refractivity contribution in [1.29, 1.82) is 0 Å². The van der Waals surface area contributed by atoms with E-state index in [4.69, 9.17) is 21.9 Å². The molecule has 0 heterocycles. The maximum absolute atomic E-state index is 9.37. The number of carboxylic acid groups (broad SMARTS) is 1. The number of nitrogens with zero attached hydrogens (tertiary/aromatic N) is 1. The quantitative estimate of drug-likeness (QED) is 0.406. The van der Waals surface area contributed by atoms with Crippen molar-refractivity contribution in [3.8, 4) is 0 Å². The Morgan fingerprint density at radius 2 is 2.21 bits per heavy atom. The Kier molecular flexibility index (Phi) is 7.20. The number of aliphatic carboxylic acids is 1. The number of hydrogen-bond donors (Lipinski definition) is 2. The largest absolute Gasteiger partial charge is 0.481 e. The first-order valence-corrected chi connectivity index (χ1v) is 5.12. The van der Waals surface area contributed by atoms with Crippen LogP contribution < -0.4 is 0 Å². The van der Waals surface area contributed by atoms with E-state index in [0.717, 1.165) is 31.4 Å². The van der Waals surface area contributed by atoms with Gasteiger partial charge < -0.3 is 10.3 Å². The Morgan fingerprint density at radius 1 is 1.64 bits per heavy atom. The fourth-order valence-corrected chi connectivity index (χ4v) is 1.37. The highest BCUT2D eigenvalue weighted by Crippen LogP contribution is 2.19. The van der Waals surface area contributed by atoms with Crippen LogP contribution in [0.2, 0.25) is 0 Å². The van der Waals surface area contributed by atoms with Crippen molar-refractivity contribution >= 4 is 23.3 Å². The Bertz CT molecular complexity index is 206. The summed E-state index contributed by atoms with van der Waals surface area (Å²) in [5.74, 6) is -0.745. The zero-order valence-corrected chi connectivity index (χ0v) is 9.00. The fourth-order valence-electron chi connectivity index (χ4n) is 1.07. The van der Waals surface area contributed by atoms with Crippen molar-refractivity contribution in [1.82, 2.24) is 0 Å². The Labute approximate surface area is 88.6 Å². The molecule has 0 bridgehead atoms. The zero-order chi connectivity index (χ0) is 11.0. The summed E-state index contributed by atoms with van der Waals surface area (Å²) in [6.07, 6.45) is 4.32. The summed E-state index contributed by atoms with van der Waals surface area (Å²) in [5, 5.41) is 19.2. The van der Waals surface area contributed by atoms with Gasteiger partial charge in [0, 0.05) is 6.42 Å². The second kappa shape index (κ2) is 7.62. The number of oxime groups is 1. The normalized spacial score (nSPS) is 23.9. The van der Waals surface area contributed by atoms with Gasteiger partial charge in [0.15, 0.2) is 0 Å². The first-order chi connectivity index (χ1) is 6.61. The van der Waals surface area contributed by atoms with Crippen LogP contribution in [0.25, 0.3) is 0 Å². The summed E-state index contributed by atoms with van der Waals surface area (Å²) in [7, 11) is 0. The minimum atomic E-state index is -0.745. The van der Waals surface area contributed by atoms with Gasteiger partial charge in [0.25, 0.3) is 0 Å². The lowest BCUT2D eigenvalue weighted by Gasteiger charge is -2.15. The van der Waals surface area contributed by atoms with Gasteiger partial charge in [0.1, 0.15) is 0 Å². The lowest BCUT2D eigenvalue weighted by atomic mass is 9.98. The van der Waals surface area contributed by atoms with Gasteiger partial charge in [0.05, 0.1) is 11.1 Å². The number of carbonyl (C=O) groups is 1. The minimum Gasteiger partial charge on any atom is -0.481 e.